The second-order valence-corrected chi connectivity index (χ2v) is 14.1. The summed E-state index contributed by atoms with van der Waals surface area (Å²) in [6.07, 6.45) is 9.44. The van der Waals surface area contributed by atoms with Crippen molar-refractivity contribution in [2.24, 2.45) is 5.41 Å². The van der Waals surface area contributed by atoms with E-state index in [2.05, 4.69) is 66.7 Å². The summed E-state index contributed by atoms with van der Waals surface area (Å²) in [6, 6.07) is 10.4. The molecule has 45 heavy (non-hydrogen) atoms. The van der Waals surface area contributed by atoms with E-state index in [4.69, 9.17) is 19.8 Å². The molecule has 0 saturated carbocycles. The highest BCUT2D eigenvalue weighted by molar-refractivity contribution is 5.79. The molecule has 238 valence electrons. The molecule has 7 rings (SSSR count). The van der Waals surface area contributed by atoms with Gasteiger partial charge in [0.1, 0.15) is 11.6 Å². The van der Waals surface area contributed by atoms with Crippen molar-refractivity contribution in [2.75, 3.05) is 18.0 Å². The molecule has 3 aliphatic heterocycles. The van der Waals surface area contributed by atoms with Crippen LogP contribution in [0.2, 0.25) is 0 Å². The summed E-state index contributed by atoms with van der Waals surface area (Å²) in [6.45, 7) is 15.7. The smallest absolute Gasteiger partial charge is 0.337 e. The molecule has 0 radical (unpaired) electrons. The van der Waals surface area contributed by atoms with Gasteiger partial charge in [0.15, 0.2) is 11.8 Å². The fourth-order valence-corrected chi connectivity index (χ4v) is 6.84. The van der Waals surface area contributed by atoms with E-state index in [9.17, 15) is 9.90 Å². The number of aryl methyl sites for hydroxylation is 3. The number of aliphatic carboxylic acids is 1. The topological polar surface area (TPSA) is 97.8 Å². The maximum absolute atomic E-state index is 12.8. The van der Waals surface area contributed by atoms with Gasteiger partial charge in [0, 0.05) is 48.2 Å². The normalized spacial score (nSPS) is 18.3. The molecule has 4 aromatic rings. The van der Waals surface area contributed by atoms with Crippen LogP contribution in [0.1, 0.15) is 94.4 Å². The largest absolute Gasteiger partial charge is 0.479 e. The molecule has 0 spiro atoms. The molecule has 6 heterocycles. The third-order valence-electron chi connectivity index (χ3n) is 9.46. The molecule has 1 N–H and O–H groups in total. The standard InChI is InChI=1S/C36H46N6O3/c1-23-25(3)41-27-14-12-13-26(21-27)28-22-30-38-24(2)31(32(34(43)44)45-35(4,5)6)33(42(30)39-28)40-19-17-36(7,18-20-40)16-11-9-8-10-15-29(41)37-23/h8-9,12-14,21-22,32H,10-11,15-20H2,1-7H3,(H,43,44)/b9-8-/t32-/m0/s1. The maximum atomic E-state index is 12.8. The molecule has 6 bridgehead atoms. The highest BCUT2D eigenvalue weighted by Crippen LogP contribution is 2.41. The number of imidazole rings is 1. The van der Waals surface area contributed by atoms with E-state index in [-0.39, 0.29) is 5.41 Å². The van der Waals surface area contributed by atoms with Crippen LogP contribution in [0.5, 0.6) is 0 Å². The number of carboxylic acids is 1. The molecule has 9 nitrogen and oxygen atoms in total. The number of rotatable bonds is 3. The Labute approximate surface area is 266 Å². The Hall–Kier alpha value is -3.98. The van der Waals surface area contributed by atoms with Crippen molar-refractivity contribution in [3.8, 4) is 16.9 Å². The van der Waals surface area contributed by atoms with Gasteiger partial charge in [-0.3, -0.25) is 0 Å². The summed E-state index contributed by atoms with van der Waals surface area (Å²) < 4.78 is 10.3. The van der Waals surface area contributed by atoms with Crippen molar-refractivity contribution >= 4 is 17.4 Å². The lowest BCUT2D eigenvalue weighted by atomic mass is 9.76. The molecule has 1 fully saturated rings. The molecule has 1 aromatic carbocycles. The number of benzene rings is 1. The van der Waals surface area contributed by atoms with Gasteiger partial charge >= 0.3 is 5.97 Å². The molecule has 0 unspecified atom stereocenters. The molecule has 9 heteroatoms. The summed E-state index contributed by atoms with van der Waals surface area (Å²) in [5.74, 6) is 0.789. The number of fused-ring (bicyclic) bond motifs is 6. The third kappa shape index (κ3) is 6.15. The first kappa shape index (κ1) is 31.0. The van der Waals surface area contributed by atoms with E-state index >= 15 is 0 Å². The van der Waals surface area contributed by atoms with Gasteiger partial charge in [-0.15, -0.1) is 0 Å². The zero-order valence-corrected chi connectivity index (χ0v) is 27.7. The first-order valence-corrected chi connectivity index (χ1v) is 16.2. The number of aromatic nitrogens is 5. The molecule has 3 aromatic heterocycles. The Kier molecular flexibility index (Phi) is 8.10. The molecule has 1 atom stereocenters. The van der Waals surface area contributed by atoms with Crippen LogP contribution in [0, 0.1) is 26.2 Å². The lowest BCUT2D eigenvalue weighted by Gasteiger charge is -2.41. The van der Waals surface area contributed by atoms with Crippen molar-refractivity contribution in [1.29, 1.82) is 0 Å². The van der Waals surface area contributed by atoms with E-state index in [1.54, 1.807) is 0 Å². The van der Waals surface area contributed by atoms with Crippen LogP contribution in [0.3, 0.4) is 0 Å². The number of ether oxygens (including phenoxy) is 1. The van der Waals surface area contributed by atoms with Crippen LogP contribution in [0.4, 0.5) is 5.82 Å². The minimum atomic E-state index is -1.18. The fourth-order valence-electron chi connectivity index (χ4n) is 6.84. The van der Waals surface area contributed by atoms with Crippen molar-refractivity contribution in [1.82, 2.24) is 24.1 Å². The van der Waals surface area contributed by atoms with E-state index in [1.807, 2.05) is 38.3 Å². The van der Waals surface area contributed by atoms with Gasteiger partial charge in [-0.25, -0.2) is 14.8 Å². The molecular formula is C36H46N6O3. The summed E-state index contributed by atoms with van der Waals surface area (Å²) in [4.78, 5) is 25.0. The van der Waals surface area contributed by atoms with E-state index in [0.717, 1.165) is 91.6 Å². The molecule has 1 saturated heterocycles. The summed E-state index contributed by atoms with van der Waals surface area (Å²) in [5.41, 5.74) is 6.40. The Morgan fingerprint density at radius 3 is 2.44 bits per heavy atom. The highest BCUT2D eigenvalue weighted by Gasteiger charge is 2.37. The minimum Gasteiger partial charge on any atom is -0.479 e. The number of nitrogens with zero attached hydrogens (tertiary/aromatic N) is 6. The van der Waals surface area contributed by atoms with E-state index in [0.29, 0.717) is 16.9 Å². The second-order valence-electron chi connectivity index (χ2n) is 14.1. The van der Waals surface area contributed by atoms with Gasteiger partial charge in [-0.2, -0.15) is 9.61 Å². The summed E-state index contributed by atoms with van der Waals surface area (Å²) >= 11 is 0. The Morgan fingerprint density at radius 2 is 1.73 bits per heavy atom. The predicted molar refractivity (Wildman–Crippen MR) is 177 cm³/mol. The van der Waals surface area contributed by atoms with Gasteiger partial charge in [0.25, 0.3) is 0 Å². The molecular weight excluding hydrogens is 564 g/mol. The summed E-state index contributed by atoms with van der Waals surface area (Å²) in [7, 11) is 0. The quantitative estimate of drug-likeness (QED) is 0.243. The fraction of sp³-hybridized carbons (Fsp3) is 0.500. The zero-order chi connectivity index (χ0) is 32.1. The number of hydrogen-bond acceptors (Lipinski definition) is 6. The van der Waals surface area contributed by atoms with E-state index in [1.165, 1.54) is 0 Å². The van der Waals surface area contributed by atoms with Crippen molar-refractivity contribution < 1.29 is 14.6 Å². The molecule has 3 aliphatic rings. The number of hydrogen-bond donors (Lipinski definition) is 1. The van der Waals surface area contributed by atoms with E-state index < -0.39 is 17.7 Å². The minimum absolute atomic E-state index is 0.206. The number of carboxylic acid groups (broad SMARTS) is 1. The highest BCUT2D eigenvalue weighted by atomic mass is 16.5. The maximum Gasteiger partial charge on any atom is 0.337 e. The van der Waals surface area contributed by atoms with Gasteiger partial charge in [-0.05, 0) is 91.2 Å². The van der Waals surface area contributed by atoms with Gasteiger partial charge in [0.2, 0.25) is 0 Å². The average Bonchev–Trinajstić information content (AvgIpc) is 3.52. The lowest BCUT2D eigenvalue weighted by molar-refractivity contribution is -0.160. The lowest BCUT2D eigenvalue weighted by Crippen LogP contribution is -2.41. The SMILES string of the molecule is Cc1nc2cc3nn2c(c1[C@H](OC(C)(C)C)C(=O)O)N1CCC(C)(CC/C=C\CCc2nc(C)c(C)n2-c2cccc-3c2)CC1. The molecule has 0 amide bonds. The third-order valence-corrected chi connectivity index (χ3v) is 9.46. The van der Waals surface area contributed by atoms with Crippen LogP contribution in [-0.4, -0.2) is 53.9 Å². The van der Waals surface area contributed by atoms with Gasteiger partial charge in [-0.1, -0.05) is 31.2 Å². The Balaban J connectivity index is 1.56. The first-order valence-electron chi connectivity index (χ1n) is 16.2. The van der Waals surface area contributed by atoms with Gasteiger partial charge < -0.3 is 19.3 Å². The average molecular weight is 611 g/mol. The number of piperidine rings is 1. The van der Waals surface area contributed by atoms with Gasteiger partial charge in [0.05, 0.1) is 22.6 Å². The number of anilines is 1. The number of allylic oxidation sites excluding steroid dienone is 2. The van der Waals surface area contributed by atoms with Crippen LogP contribution in [0.15, 0.2) is 42.5 Å². The zero-order valence-electron chi connectivity index (χ0n) is 27.7. The monoisotopic (exact) mass is 610 g/mol. The Morgan fingerprint density at radius 1 is 1.00 bits per heavy atom. The number of carbonyl (C=O) groups is 1. The predicted octanol–water partition coefficient (Wildman–Crippen LogP) is 7.34. The van der Waals surface area contributed by atoms with Crippen LogP contribution >= 0.6 is 0 Å². The summed E-state index contributed by atoms with van der Waals surface area (Å²) in [5, 5.41) is 15.6. The Bertz CT molecular complexity index is 1770. The van der Waals surface area contributed by atoms with Crippen molar-refractivity contribution in [3.05, 3.63) is 71.0 Å². The second kappa shape index (κ2) is 11.7. The molecule has 0 aliphatic carbocycles. The first-order chi connectivity index (χ1) is 21.3. The van der Waals surface area contributed by atoms with Crippen molar-refractivity contribution in [3.63, 3.8) is 0 Å². The van der Waals surface area contributed by atoms with Crippen molar-refractivity contribution in [2.45, 2.75) is 98.7 Å². The van der Waals surface area contributed by atoms with Crippen LogP contribution in [-0.2, 0) is 16.0 Å². The van der Waals surface area contributed by atoms with Crippen LogP contribution < -0.4 is 4.90 Å². The van der Waals surface area contributed by atoms with Crippen LogP contribution in [0.25, 0.3) is 22.6 Å².